The largest absolute Gasteiger partial charge is 0.494 e. The monoisotopic (exact) mass is 532 g/mol. The molecule has 0 aliphatic carbocycles. The van der Waals surface area contributed by atoms with Gasteiger partial charge in [0, 0.05) is 16.7 Å². The van der Waals surface area contributed by atoms with E-state index in [1.807, 2.05) is 31.2 Å². The van der Waals surface area contributed by atoms with Crippen molar-refractivity contribution < 1.29 is 23.7 Å². The fourth-order valence-electron chi connectivity index (χ4n) is 4.05. The van der Waals surface area contributed by atoms with Crippen molar-refractivity contribution in [3.8, 4) is 29.1 Å². The highest BCUT2D eigenvalue weighted by Gasteiger charge is 2.31. The quantitative estimate of drug-likeness (QED) is 0.255. The molecule has 196 valence electrons. The lowest BCUT2D eigenvalue weighted by atomic mass is 9.83. The zero-order valence-corrected chi connectivity index (χ0v) is 22.2. The first-order valence-electron chi connectivity index (χ1n) is 12.3. The number of hydrogen-bond acceptors (Lipinski definition) is 7. The number of nitrogens with two attached hydrogens (primary N) is 1. The number of aryl methyl sites for hydroxylation is 1. The third-order valence-corrected chi connectivity index (χ3v) is 6.49. The molecular formula is C30H29ClN2O5. The molecule has 0 amide bonds. The Bertz CT molecular complexity index is 1410. The van der Waals surface area contributed by atoms with Crippen LogP contribution in [0, 0.1) is 24.2 Å². The second-order valence-electron chi connectivity index (χ2n) is 9.40. The number of hydrogen-bond donors (Lipinski definition) is 1. The van der Waals surface area contributed by atoms with Gasteiger partial charge >= 0.3 is 5.97 Å². The van der Waals surface area contributed by atoms with Crippen LogP contribution in [0.15, 0.2) is 72.1 Å². The van der Waals surface area contributed by atoms with E-state index in [4.69, 9.17) is 36.3 Å². The smallest absolute Gasteiger partial charge is 0.349 e. The van der Waals surface area contributed by atoms with Crippen LogP contribution in [0.1, 0.15) is 42.9 Å². The van der Waals surface area contributed by atoms with Crippen molar-refractivity contribution >= 4 is 17.6 Å². The van der Waals surface area contributed by atoms with Crippen LogP contribution in [0.2, 0.25) is 5.02 Å². The lowest BCUT2D eigenvalue weighted by Crippen LogP contribution is -2.21. The van der Waals surface area contributed by atoms with E-state index in [2.05, 4.69) is 19.9 Å². The maximum atomic E-state index is 12.4. The summed E-state index contributed by atoms with van der Waals surface area (Å²) in [5, 5.41) is 10.5. The van der Waals surface area contributed by atoms with Crippen molar-refractivity contribution in [1.82, 2.24) is 0 Å². The Morgan fingerprint density at radius 3 is 2.58 bits per heavy atom. The maximum absolute atomic E-state index is 12.4. The lowest BCUT2D eigenvalue weighted by molar-refractivity contribution is -0.136. The summed E-state index contributed by atoms with van der Waals surface area (Å²) in [7, 11) is 0. The van der Waals surface area contributed by atoms with E-state index < -0.39 is 11.9 Å². The molecule has 0 spiro atoms. The van der Waals surface area contributed by atoms with Gasteiger partial charge in [0.15, 0.2) is 6.61 Å². The standard InChI is InChI=1S/C30H29ClN2O5/c1-18(2)11-12-35-21-6-4-5-20(14-21)29-24-9-7-23(15-27(24)38-30(33)25(29)16-32)37-28(34)17-36-22-8-10-26(31)19(3)13-22/h4-10,13-15,18,29H,11-12,17,33H2,1-3H3. The highest BCUT2D eigenvalue weighted by molar-refractivity contribution is 6.31. The van der Waals surface area contributed by atoms with Crippen LogP contribution in [-0.4, -0.2) is 19.2 Å². The number of nitriles is 1. The molecule has 1 heterocycles. The van der Waals surface area contributed by atoms with Crippen molar-refractivity contribution in [1.29, 1.82) is 5.26 Å². The minimum Gasteiger partial charge on any atom is -0.494 e. The molecule has 7 nitrogen and oxygen atoms in total. The van der Waals surface area contributed by atoms with Gasteiger partial charge in [0.05, 0.1) is 12.5 Å². The van der Waals surface area contributed by atoms with Crippen LogP contribution in [0.5, 0.6) is 23.0 Å². The fourth-order valence-corrected chi connectivity index (χ4v) is 4.17. The average molecular weight is 533 g/mol. The Hall–Kier alpha value is -4.15. The predicted molar refractivity (Wildman–Crippen MR) is 144 cm³/mol. The van der Waals surface area contributed by atoms with Gasteiger partial charge in [-0.1, -0.05) is 43.6 Å². The van der Waals surface area contributed by atoms with E-state index in [-0.39, 0.29) is 18.2 Å². The molecule has 0 saturated carbocycles. The normalized spacial score (nSPS) is 14.4. The molecule has 0 aromatic heterocycles. The third kappa shape index (κ3) is 6.39. The van der Waals surface area contributed by atoms with Crippen LogP contribution in [-0.2, 0) is 4.79 Å². The topological polar surface area (TPSA) is 104 Å². The Morgan fingerprint density at radius 2 is 1.84 bits per heavy atom. The molecule has 38 heavy (non-hydrogen) atoms. The van der Waals surface area contributed by atoms with Crippen LogP contribution >= 0.6 is 11.6 Å². The van der Waals surface area contributed by atoms with E-state index >= 15 is 0 Å². The summed E-state index contributed by atoms with van der Waals surface area (Å²) in [4.78, 5) is 12.4. The van der Waals surface area contributed by atoms with Gasteiger partial charge in [-0.25, -0.2) is 4.79 Å². The summed E-state index contributed by atoms with van der Waals surface area (Å²) < 4.78 is 22.7. The van der Waals surface area contributed by atoms with E-state index in [9.17, 15) is 10.1 Å². The molecule has 4 rings (SSSR count). The predicted octanol–water partition coefficient (Wildman–Crippen LogP) is 6.28. The molecule has 3 aromatic carbocycles. The second-order valence-corrected chi connectivity index (χ2v) is 9.81. The number of rotatable bonds is 9. The molecule has 2 N–H and O–H groups in total. The van der Waals surface area contributed by atoms with E-state index in [1.165, 1.54) is 0 Å². The minimum atomic E-state index is -0.586. The number of allylic oxidation sites excluding steroid dienone is 1. The molecule has 1 unspecified atom stereocenters. The summed E-state index contributed by atoms with van der Waals surface area (Å²) >= 11 is 6.03. The molecule has 0 bridgehead atoms. The molecule has 0 radical (unpaired) electrons. The summed E-state index contributed by atoms with van der Waals surface area (Å²) in [6, 6.07) is 19.9. The van der Waals surface area contributed by atoms with Crippen LogP contribution < -0.4 is 24.7 Å². The second kappa shape index (κ2) is 11.9. The van der Waals surface area contributed by atoms with Gasteiger partial charge in [0.1, 0.15) is 34.6 Å². The van der Waals surface area contributed by atoms with Crippen LogP contribution in [0.25, 0.3) is 0 Å². The van der Waals surface area contributed by atoms with Crippen molar-refractivity contribution in [3.63, 3.8) is 0 Å². The van der Waals surface area contributed by atoms with Gasteiger partial charge in [-0.2, -0.15) is 5.26 Å². The number of benzene rings is 3. The zero-order valence-electron chi connectivity index (χ0n) is 21.5. The Balaban J connectivity index is 1.51. The maximum Gasteiger partial charge on any atom is 0.349 e. The van der Waals surface area contributed by atoms with Crippen LogP contribution in [0.4, 0.5) is 0 Å². The van der Waals surface area contributed by atoms with Crippen LogP contribution in [0.3, 0.4) is 0 Å². The number of esters is 1. The van der Waals surface area contributed by atoms with Crippen molar-refractivity contribution in [2.75, 3.05) is 13.2 Å². The van der Waals surface area contributed by atoms with Gasteiger partial charge < -0.3 is 24.7 Å². The first-order chi connectivity index (χ1) is 18.2. The van der Waals surface area contributed by atoms with E-state index in [0.29, 0.717) is 40.4 Å². The minimum absolute atomic E-state index is 0.000970. The summed E-state index contributed by atoms with van der Waals surface area (Å²) in [5.41, 5.74) is 8.84. The number of carbonyl (C=O) groups excluding carboxylic acids is 1. The molecule has 0 saturated heterocycles. The molecular weight excluding hydrogens is 504 g/mol. The zero-order chi connectivity index (χ0) is 27.2. The average Bonchev–Trinajstić information content (AvgIpc) is 2.88. The first-order valence-corrected chi connectivity index (χ1v) is 12.7. The number of halogens is 1. The number of fused-ring (bicyclic) bond motifs is 1. The number of ether oxygens (including phenoxy) is 4. The van der Waals surface area contributed by atoms with E-state index in [0.717, 1.165) is 23.1 Å². The molecule has 1 aliphatic heterocycles. The molecule has 3 aromatic rings. The SMILES string of the molecule is Cc1cc(OCC(=O)Oc2ccc3c(c2)OC(N)=C(C#N)C3c2cccc(OCCC(C)C)c2)ccc1Cl. The third-order valence-electron chi connectivity index (χ3n) is 6.06. The van der Waals surface area contributed by atoms with Crippen molar-refractivity contribution in [3.05, 3.63) is 93.8 Å². The molecule has 8 heteroatoms. The highest BCUT2D eigenvalue weighted by Crippen LogP contribution is 2.44. The molecule has 1 atom stereocenters. The fraction of sp³-hybridized carbons (Fsp3) is 0.267. The van der Waals surface area contributed by atoms with Gasteiger partial charge in [-0.05, 0) is 66.8 Å². The van der Waals surface area contributed by atoms with Gasteiger partial charge in [-0.15, -0.1) is 0 Å². The summed E-state index contributed by atoms with van der Waals surface area (Å²) in [6.45, 7) is 6.45. The Morgan fingerprint density at radius 1 is 1.08 bits per heavy atom. The summed E-state index contributed by atoms with van der Waals surface area (Å²) in [5.74, 6) is 1.38. The highest BCUT2D eigenvalue weighted by atomic mass is 35.5. The van der Waals surface area contributed by atoms with Gasteiger partial charge in [0.25, 0.3) is 0 Å². The number of carbonyl (C=O) groups is 1. The summed E-state index contributed by atoms with van der Waals surface area (Å²) in [6.07, 6.45) is 0.937. The van der Waals surface area contributed by atoms with Crippen molar-refractivity contribution in [2.24, 2.45) is 11.7 Å². The van der Waals surface area contributed by atoms with Gasteiger partial charge in [-0.3, -0.25) is 0 Å². The van der Waals surface area contributed by atoms with E-state index in [1.54, 1.807) is 36.4 Å². The first kappa shape index (κ1) is 26.9. The van der Waals surface area contributed by atoms with Crippen molar-refractivity contribution in [2.45, 2.75) is 33.1 Å². The lowest BCUT2D eigenvalue weighted by Gasteiger charge is -2.27. The Kier molecular flexibility index (Phi) is 8.45. The molecule has 0 fully saturated rings. The number of nitrogens with zero attached hydrogens (tertiary/aromatic N) is 1. The Labute approximate surface area is 227 Å². The van der Waals surface area contributed by atoms with Gasteiger partial charge in [0.2, 0.25) is 5.88 Å². The molecule has 1 aliphatic rings.